The van der Waals surface area contributed by atoms with Crippen LogP contribution in [0.5, 0.6) is 0 Å². The minimum absolute atomic E-state index is 0.0622. The zero-order chi connectivity index (χ0) is 38.8. The summed E-state index contributed by atoms with van der Waals surface area (Å²) in [5.41, 5.74) is 8.27. The molecule has 288 valence electrons. The first-order chi connectivity index (χ1) is 24.8. The third kappa shape index (κ3) is 9.30. The van der Waals surface area contributed by atoms with Crippen molar-refractivity contribution >= 4 is 72.8 Å². The molecule has 6 rings (SSSR count). The molecule has 4 aliphatic heterocycles. The Morgan fingerprint density at radius 1 is 0.943 bits per heavy atom. The van der Waals surface area contributed by atoms with Crippen LogP contribution in [0.4, 0.5) is 14.7 Å². The van der Waals surface area contributed by atoms with E-state index >= 15 is 0 Å². The predicted octanol–water partition coefficient (Wildman–Crippen LogP) is -1.78. The molecule has 4 saturated heterocycles. The molecule has 53 heavy (non-hydrogen) atoms. The number of anilines is 1. The Morgan fingerprint density at radius 3 is 1.96 bits per heavy atom. The Balaban J connectivity index is 0.000000204. The molecule has 27 heteroatoms. The van der Waals surface area contributed by atoms with Crippen molar-refractivity contribution < 1.29 is 63.3 Å². The third-order valence-corrected chi connectivity index (χ3v) is 9.69. The fraction of sp³-hybridized carbons (Fsp3) is 0.462. The molecular weight excluding hydrogens is 773 g/mol. The maximum atomic E-state index is 12.5. The summed E-state index contributed by atoms with van der Waals surface area (Å²) in [6.45, 7) is -0.176. The number of nitrogens with zero attached hydrogens (tertiary/aromatic N) is 7. The van der Waals surface area contributed by atoms with Gasteiger partial charge in [0.25, 0.3) is 11.8 Å². The van der Waals surface area contributed by atoms with E-state index in [1.54, 1.807) is 6.07 Å². The number of carbonyl (C=O) groups is 6. The first-order valence-electron chi connectivity index (χ1n) is 15.4. The van der Waals surface area contributed by atoms with Crippen LogP contribution >= 0.6 is 11.3 Å². The number of Topliss-reactive ketones (excluding diaryl/α,β-unsaturated/α-hetero) is 1. The number of hydrogen-bond donors (Lipinski definition) is 5. The van der Waals surface area contributed by atoms with E-state index in [4.69, 9.17) is 14.8 Å². The number of rotatable bonds is 10. The van der Waals surface area contributed by atoms with Crippen molar-refractivity contribution in [1.82, 2.24) is 45.6 Å². The van der Waals surface area contributed by atoms with Gasteiger partial charge in [-0.15, -0.1) is 19.9 Å². The van der Waals surface area contributed by atoms with Gasteiger partial charge >= 0.3 is 32.9 Å². The molecule has 0 radical (unpaired) electrons. The van der Waals surface area contributed by atoms with Crippen molar-refractivity contribution in [2.75, 3.05) is 32.4 Å². The third-order valence-electron chi connectivity index (χ3n) is 8.32. The molecule has 0 aliphatic carbocycles. The Kier molecular flexibility index (Phi) is 11.5. The van der Waals surface area contributed by atoms with Crippen LogP contribution in [0.15, 0.2) is 29.9 Å². The van der Waals surface area contributed by atoms with Crippen molar-refractivity contribution in [3.63, 3.8) is 0 Å². The van der Waals surface area contributed by atoms with E-state index in [9.17, 15) is 45.6 Å². The van der Waals surface area contributed by atoms with Crippen LogP contribution in [-0.2, 0) is 39.0 Å². The number of hydroxylamine groups is 4. The van der Waals surface area contributed by atoms with Crippen LogP contribution in [0.1, 0.15) is 46.5 Å². The van der Waals surface area contributed by atoms with E-state index in [1.165, 1.54) is 30.9 Å². The van der Waals surface area contributed by atoms with Crippen molar-refractivity contribution in [3.8, 4) is 0 Å². The highest BCUT2D eigenvalue weighted by Crippen LogP contribution is 2.32. The van der Waals surface area contributed by atoms with Gasteiger partial charge in [0.15, 0.2) is 5.13 Å². The summed E-state index contributed by atoms with van der Waals surface area (Å²) in [5.74, 6) is -2.07. The summed E-state index contributed by atoms with van der Waals surface area (Å²) in [4.78, 5) is 83.5. The van der Waals surface area contributed by atoms with Gasteiger partial charge in [-0.1, -0.05) is 0 Å². The summed E-state index contributed by atoms with van der Waals surface area (Å²) in [6.07, 6.45) is 3.94. The molecule has 4 aliphatic rings. The van der Waals surface area contributed by atoms with Crippen LogP contribution in [0.3, 0.4) is 0 Å². The first-order valence-corrected chi connectivity index (χ1v) is 19.0. The molecule has 24 nitrogen and oxygen atoms in total. The van der Waals surface area contributed by atoms with Crippen LogP contribution in [0.2, 0.25) is 0 Å². The second-order valence-corrected chi connectivity index (χ2v) is 14.7. The average Bonchev–Trinajstić information content (AvgIpc) is 3.71. The standard InChI is InChI=1S/C14H17N5O7S.C12H15N5O7S2/c1-17(13(21)9-3-2-6-15-7-9)16-12(20)11-5-4-10-8-18(11)14(22)19(10)26-27(23,24)25;13-11-15-7(5-25-11)9(18)3-14-10(19)8-2-1-6-4-16(8)12(20)17(6)24-26(21,22)23/h2-3,6-7,10-11H,4-5,8H2,1H3,(H,16,20)(H,23,24,25);5-6,8H,1-4H2,(H2,13,15)(H,14,19)(H,21,22,23)/t10-,11+;6-,8+/m11/s1. The van der Waals surface area contributed by atoms with Gasteiger partial charge < -0.3 is 20.9 Å². The van der Waals surface area contributed by atoms with Gasteiger partial charge in [0, 0.05) is 37.9 Å². The van der Waals surface area contributed by atoms with E-state index < -0.39 is 80.5 Å². The number of aromatic nitrogens is 2. The van der Waals surface area contributed by atoms with Crippen molar-refractivity contribution in [1.29, 1.82) is 0 Å². The number of amides is 7. The van der Waals surface area contributed by atoms with Crippen LogP contribution in [0, 0.1) is 0 Å². The number of fused-ring (bicyclic) bond motifs is 4. The monoisotopic (exact) mass is 804 g/mol. The van der Waals surface area contributed by atoms with Gasteiger partial charge in [0.2, 0.25) is 11.7 Å². The SMILES string of the molecule is CN(NC(=O)[C@@H]1CC[C@@H]2CN1C(=O)N2OS(=O)(=O)O)C(=O)c1cccnc1.Nc1nc(C(=O)CNC(=O)[C@@H]2CC[C@@H]3CN2C(=O)N3OS(=O)(=O)O)cs1. The fourth-order valence-electron chi connectivity index (χ4n) is 5.97. The number of carbonyl (C=O) groups excluding carboxylic acids is 6. The molecule has 6 N–H and O–H groups in total. The molecule has 4 fully saturated rings. The molecule has 0 spiro atoms. The number of hydrazine groups is 1. The predicted molar refractivity (Wildman–Crippen MR) is 175 cm³/mol. The Labute approximate surface area is 304 Å². The van der Waals surface area contributed by atoms with Crippen LogP contribution < -0.4 is 16.5 Å². The molecule has 2 aromatic rings. The Morgan fingerprint density at radius 2 is 1.49 bits per heavy atom. The molecule has 7 amide bonds. The molecule has 0 aromatic carbocycles. The number of nitrogen functional groups attached to an aromatic ring is 1. The van der Waals surface area contributed by atoms with Gasteiger partial charge in [0.1, 0.15) is 17.8 Å². The molecular formula is C26H32N10O14S3. The van der Waals surface area contributed by atoms with E-state index in [1.807, 2.05) is 0 Å². The largest absolute Gasteiger partial charge is 0.418 e. The maximum absolute atomic E-state index is 12.5. The highest BCUT2D eigenvalue weighted by atomic mass is 32.3. The minimum atomic E-state index is -4.86. The minimum Gasteiger partial charge on any atom is -0.375 e. The van der Waals surface area contributed by atoms with Crippen LogP contribution in [0.25, 0.3) is 0 Å². The summed E-state index contributed by atoms with van der Waals surface area (Å²) in [7, 11) is -8.35. The number of nitrogens with one attached hydrogen (secondary N) is 2. The Bertz CT molecular complexity index is 2000. The van der Waals surface area contributed by atoms with Gasteiger partial charge in [-0.3, -0.25) is 43.7 Å². The molecule has 0 saturated carbocycles. The number of pyridine rings is 1. The second-order valence-electron chi connectivity index (χ2n) is 11.8. The maximum Gasteiger partial charge on any atom is 0.418 e. The molecule has 0 unspecified atom stereocenters. The number of thiazole rings is 1. The lowest BCUT2D eigenvalue weighted by atomic mass is 10.0. The molecule has 4 bridgehead atoms. The quantitative estimate of drug-likeness (QED) is 0.101. The average molecular weight is 805 g/mol. The Hall–Kier alpha value is -5.06. The highest BCUT2D eigenvalue weighted by Gasteiger charge is 2.50. The van der Waals surface area contributed by atoms with E-state index in [0.29, 0.717) is 16.5 Å². The molecule has 6 heterocycles. The lowest BCUT2D eigenvalue weighted by molar-refractivity contribution is -0.129. The van der Waals surface area contributed by atoms with Crippen molar-refractivity contribution in [3.05, 3.63) is 41.2 Å². The lowest BCUT2D eigenvalue weighted by Crippen LogP contribution is -2.54. The summed E-state index contributed by atoms with van der Waals surface area (Å²) >= 11 is 1.10. The zero-order valence-corrected chi connectivity index (χ0v) is 29.8. The van der Waals surface area contributed by atoms with Gasteiger partial charge in [0.05, 0.1) is 24.2 Å². The molecule has 2 aromatic heterocycles. The highest BCUT2D eigenvalue weighted by molar-refractivity contribution is 7.81. The van der Waals surface area contributed by atoms with Crippen molar-refractivity contribution in [2.45, 2.75) is 49.9 Å². The first kappa shape index (κ1) is 39.2. The topological polar surface area (TPSA) is 322 Å². The fourth-order valence-corrected chi connectivity index (χ4v) is 7.32. The number of ketones is 1. The van der Waals surface area contributed by atoms with E-state index in [-0.39, 0.29) is 55.3 Å². The van der Waals surface area contributed by atoms with Gasteiger partial charge in [-0.05, 0) is 37.8 Å². The number of hydrogen-bond acceptors (Lipinski definition) is 16. The molecule has 4 atom stereocenters. The summed E-state index contributed by atoms with van der Waals surface area (Å²) in [5, 5.41) is 6.23. The van der Waals surface area contributed by atoms with E-state index in [2.05, 4.69) is 29.3 Å². The summed E-state index contributed by atoms with van der Waals surface area (Å²) in [6, 6.07) is -1.55. The number of nitrogens with two attached hydrogens (primary N) is 1. The second kappa shape index (κ2) is 15.5. The van der Waals surface area contributed by atoms with Gasteiger partial charge in [-0.2, -0.15) is 27.0 Å². The van der Waals surface area contributed by atoms with Gasteiger partial charge in [-0.25, -0.2) is 14.6 Å². The number of piperidine rings is 2. The normalized spacial score (nSPS) is 22.2. The smallest absolute Gasteiger partial charge is 0.375 e. The van der Waals surface area contributed by atoms with Crippen LogP contribution in [-0.4, -0.2) is 147 Å². The lowest BCUT2D eigenvalue weighted by Gasteiger charge is -2.30. The number of urea groups is 2. The summed E-state index contributed by atoms with van der Waals surface area (Å²) < 4.78 is 69.6. The van der Waals surface area contributed by atoms with E-state index in [0.717, 1.165) is 26.1 Å². The zero-order valence-electron chi connectivity index (χ0n) is 27.4. The van der Waals surface area contributed by atoms with Crippen molar-refractivity contribution in [2.24, 2.45) is 0 Å².